The van der Waals surface area contributed by atoms with Crippen LogP contribution in [-0.2, 0) is 76.3 Å². The van der Waals surface area contributed by atoms with Crippen LogP contribution in [0.25, 0.3) is 0 Å². The van der Waals surface area contributed by atoms with Crippen LogP contribution in [0.4, 0.5) is 0 Å². The Labute approximate surface area is 790 Å². The molecule has 4 aliphatic heterocycles. The maximum Gasteiger partial charge on any atom is 0.308 e. The summed E-state index contributed by atoms with van der Waals surface area (Å²) < 4.78 is 609. The third-order valence-corrected chi connectivity index (χ3v) is 21.2. The van der Waals surface area contributed by atoms with Crippen LogP contribution >= 0.6 is 0 Å². The molecule has 0 aromatic carbocycles. The van der Waals surface area contributed by atoms with Gasteiger partial charge in [0.05, 0.1) is 90.0 Å². The highest BCUT2D eigenvalue weighted by Crippen LogP contribution is 2.51. The van der Waals surface area contributed by atoms with Crippen LogP contribution in [-0.4, -0.2) is 147 Å². The molecule has 7 unspecified atom stereocenters. The third kappa shape index (κ3) is 25.8. The number of fused-ring (bicyclic) bond motifs is 4. The lowest BCUT2D eigenvalue weighted by Crippen LogP contribution is -2.42. The molecule has 20 nitrogen and oxygen atoms in total. The maximum atomic E-state index is 13.7. The van der Waals surface area contributed by atoms with Gasteiger partial charge in [-0.1, -0.05) is 183 Å². The van der Waals surface area contributed by atoms with E-state index in [1.807, 2.05) is 0 Å². The van der Waals surface area contributed by atoms with Crippen molar-refractivity contribution in [3.8, 4) is 0 Å². The molecule has 8 aliphatic carbocycles. The molecule has 20 heteroatoms. The molecule has 0 aromatic heterocycles. The van der Waals surface area contributed by atoms with Crippen molar-refractivity contribution in [3.05, 3.63) is 94.9 Å². The molecule has 12 rings (SSSR count). The summed E-state index contributed by atoms with van der Waals surface area (Å²) in [6, 6.07) is -11.3. The minimum Gasteiger partial charge on any atom is -0.462 e. The second-order valence-electron chi connectivity index (χ2n) is 29.3. The zero-order valence-electron chi connectivity index (χ0n) is 134. The van der Waals surface area contributed by atoms with Crippen molar-refractivity contribution >= 4 is 47.8 Å². The Kier molecular flexibility index (Phi) is 14.0. The van der Waals surface area contributed by atoms with E-state index in [0.29, 0.717) is 0 Å². The van der Waals surface area contributed by atoms with Gasteiger partial charge < -0.3 is 58.3 Å². The van der Waals surface area contributed by atoms with E-state index in [-0.39, 0.29) is 77.0 Å². The number of ether oxygens (including phenoxy) is 8. The molecule has 32 atom stereocenters. The molecule has 4 heterocycles. The Morgan fingerprint density at radius 1 is 0.448 bits per heavy atom. The standard InChI is InChI=1S/4C24H36O5/c4*1-5-15(3)24(27)29-21-11-14(2)10-17-7-6-16(4)20(23(17)21)9-8-19-12-18(25)13-22(26)28-19/h4*6-7,10,14-16,18-21,23,25H,5,8-9,11-13H2,1-4H3/t3*14-,15-,16-,18+,19?,20-,21?,23-;14-,15-,16-,18+,19?,20-,21-,23-/m0000/s1/i1D3,2D3,3D3,5D2,6D,7D,10D,11D2,13D2,14D,16D,25D;1D3,2D3,5D2,6D,7D,10D,11D2,13D2,14D,16D,25D;2D3,3D3,6D,7D,10D,11D2,13D2,14D,16D,25D;2D3,6D,7D,10D,11D2,13D2,14D,15D,16D,25D. The van der Waals surface area contributed by atoms with Gasteiger partial charge in [-0.05, 0) is 196 Å². The molecule has 12 aliphatic rings. The quantitative estimate of drug-likeness (QED) is 0.0418. The summed E-state index contributed by atoms with van der Waals surface area (Å²) >= 11 is 0. The molecule has 4 saturated heterocycles. The highest BCUT2D eigenvalue weighted by atomic mass is 16.6. The average Bonchev–Trinajstić information content (AvgIpc) is 0.687. The van der Waals surface area contributed by atoms with Gasteiger partial charge in [0.1, 0.15) is 48.8 Å². The van der Waals surface area contributed by atoms with Crippen molar-refractivity contribution in [1.82, 2.24) is 0 Å². The van der Waals surface area contributed by atoms with E-state index in [9.17, 15) is 38.4 Å². The number of aliphatic hydroxyl groups excluding tert-OH is 4. The highest BCUT2D eigenvalue weighted by molar-refractivity contribution is 5.75. The molecule has 648 valence electrons. The molecular formula is C96H144O20. The largest absolute Gasteiger partial charge is 0.462 e. The molecule has 0 aromatic rings. The average molecular weight is 1690 g/mol. The second-order valence-corrected chi connectivity index (χ2v) is 29.3. The lowest BCUT2D eigenvalue weighted by Gasteiger charge is -2.43. The predicted octanol–water partition coefficient (Wildman–Crippen LogP) is 16.8. The van der Waals surface area contributed by atoms with Crippen molar-refractivity contribution in [1.29, 1.82) is 5.72 Å². The molecule has 0 amide bonds. The fraction of sp³-hybridized carbons (Fsp3) is 0.750. The summed E-state index contributed by atoms with van der Waals surface area (Å²) in [6.07, 6.45) is -55.8. The first-order valence-electron chi connectivity index (χ1n) is 72.1. The number of hydrogen-bond donors (Lipinski definition) is 4. The topological polar surface area (TPSA) is 291 Å². The van der Waals surface area contributed by atoms with E-state index in [0.717, 1.165) is 20.8 Å². The van der Waals surface area contributed by atoms with Crippen LogP contribution in [0.2, 0.25) is 0 Å². The second kappa shape index (κ2) is 43.7. The Morgan fingerprint density at radius 3 is 0.983 bits per heavy atom. The third-order valence-electron chi connectivity index (χ3n) is 21.2. The molecule has 0 spiro atoms. The van der Waals surface area contributed by atoms with Gasteiger partial charge >= 0.3 is 47.8 Å². The number of aliphatic hydroxyl groups is 4. The number of carbonyl (C=O) groups is 8. The van der Waals surface area contributed by atoms with Crippen LogP contribution in [0.5, 0.6) is 0 Å². The van der Waals surface area contributed by atoms with E-state index in [1.54, 1.807) is 0 Å². The van der Waals surface area contributed by atoms with Crippen molar-refractivity contribution in [3.63, 3.8) is 0 Å². The van der Waals surface area contributed by atoms with E-state index in [4.69, 9.17) is 133 Å². The smallest absolute Gasteiger partial charge is 0.308 e. The number of cyclic esters (lactones) is 4. The first kappa shape index (κ1) is 37.1. The summed E-state index contributed by atoms with van der Waals surface area (Å²) in [5.74, 6) is -56.1. The maximum absolute atomic E-state index is 13.7. The number of rotatable bonds is 28. The fourth-order valence-corrected chi connectivity index (χ4v) is 14.9. The van der Waals surface area contributed by atoms with Crippen molar-refractivity contribution in [2.24, 2.45) is 118 Å². The van der Waals surface area contributed by atoms with Crippen molar-refractivity contribution in [2.75, 3.05) is 0 Å². The zero-order valence-corrected chi connectivity index (χ0v) is 64.8. The Hall–Kier alpha value is -6.48. The minimum absolute atomic E-state index is 0.0796. The first-order valence-corrected chi connectivity index (χ1v) is 37.9. The summed E-state index contributed by atoms with van der Waals surface area (Å²) in [7, 11) is 0. The molecular weight excluding hydrogens is 1470 g/mol. The molecule has 4 fully saturated rings. The van der Waals surface area contributed by atoms with Gasteiger partial charge in [0, 0.05) is 122 Å². The number of esters is 8. The number of hydrogen-bond acceptors (Lipinski definition) is 20. The van der Waals surface area contributed by atoms with E-state index in [1.165, 1.54) is 34.6 Å². The minimum atomic E-state index is -3.85. The van der Waals surface area contributed by atoms with Crippen LogP contribution in [0.3, 0.4) is 0 Å². The monoisotopic (exact) mass is 1690 g/mol. The molecule has 4 N–H and O–H groups in total. The lowest BCUT2D eigenvalue weighted by atomic mass is 9.65. The Bertz CT molecular complexity index is 6800. The van der Waals surface area contributed by atoms with Crippen molar-refractivity contribution in [2.45, 2.75) is 337 Å². The number of carbonyl (C=O) groups excluding carboxylic acids is 8. The van der Waals surface area contributed by atoms with Crippen LogP contribution in [0.15, 0.2) is 94.9 Å². The van der Waals surface area contributed by atoms with E-state index in [2.05, 4.69) is 20.4 Å². The van der Waals surface area contributed by atoms with Crippen LogP contribution < -0.4 is 0 Å². The summed E-state index contributed by atoms with van der Waals surface area (Å²) in [5.41, 5.74) is -2.65. The van der Waals surface area contributed by atoms with Gasteiger partial charge in [-0.15, -0.1) is 0 Å². The lowest BCUT2D eigenvalue weighted by molar-refractivity contribution is -0.162. The van der Waals surface area contributed by atoms with Gasteiger partial charge in [-0.3, -0.25) is 38.4 Å². The molecule has 0 radical (unpaired) electrons. The zero-order chi connectivity index (χ0) is 144. The Morgan fingerprint density at radius 2 is 0.724 bits per heavy atom. The fourth-order valence-electron chi connectivity index (χ4n) is 14.9. The highest BCUT2D eigenvalue weighted by Gasteiger charge is 2.48. The van der Waals surface area contributed by atoms with Gasteiger partial charge in [0.25, 0.3) is 0 Å². The van der Waals surface area contributed by atoms with Gasteiger partial charge in [0.15, 0.2) is 0 Å². The molecule has 116 heavy (non-hydrogen) atoms. The summed E-state index contributed by atoms with van der Waals surface area (Å²) in [4.78, 5) is 103. The summed E-state index contributed by atoms with van der Waals surface area (Å²) in [6.45, 7) is -18.7. The van der Waals surface area contributed by atoms with E-state index >= 15 is 0 Å². The Balaban J connectivity index is 0.000000269. The van der Waals surface area contributed by atoms with Crippen molar-refractivity contribution < 1.29 is 186 Å². The van der Waals surface area contributed by atoms with Gasteiger partial charge in [-0.2, -0.15) is 0 Å². The normalized spacial score (nSPS) is 57.5. The van der Waals surface area contributed by atoms with Gasteiger partial charge in [-0.25, -0.2) is 0 Å². The van der Waals surface area contributed by atoms with E-state index < -0.39 is 465 Å². The van der Waals surface area contributed by atoms with Crippen LogP contribution in [0.1, 0.15) is 353 Å². The van der Waals surface area contributed by atoms with Gasteiger partial charge in [0.2, 0.25) is 5.72 Å². The molecule has 0 bridgehead atoms. The first-order chi connectivity index (χ1) is 82.7. The summed E-state index contributed by atoms with van der Waals surface area (Å²) in [5, 5.41) is 17.5. The SMILES string of the molecule is [2H]O[C@@H]1CC(CC[C@@H]2[C@@H]3C(=C([2H])[C@]([2H])(C([2H])([2H])[2H])C([2H])([2H])C3OC(=O)[C@@H](C([2H])([2H])[2H])C([2H])([2H])C([2H])([2H])[2H])C([2H])=C([2H])[C@]2([2H])C)OC(=O)C1([2H])[2H].[2H]O[C@@H]1CC(CC[C@@H]2[C@@H]3C(=C([2H])[C@]([2H])(C([2H])([2H])[2H])C([2H])([2H])C3OC(=O)[C@@H](C)C([2H])([2H])C([2H])([2H])[2H])C([2H])=C([2H])[C@]2([2H])C)OC(=O)C1([2H])[2H].[2H]O[C@@H]1CC(CC[C@@H]2[C@@H]3C(=C([2H])[C@]([2H])(C([2H])([2H])[2H])C([2H])([2H])C3OC(=O)[C@H](CC)C([2H])([2H])[2H])C([2H])=C([2H])[C@]2([2H])C)OC(=O)C1([2H])[2H].[2H]O[C@@H]1CC(CC[C@@H]2[C@@H]3C(=C([2H])[C@]([2H])(C([2H])([2H])[2H])C([2H])([2H])[C@@H]3OC(=O)[C@@]([2H])(C)CC)C([2H])=C([2H])[C@]2([2H])C)OC(=O)C1([2H])[2H]. The predicted molar refractivity (Wildman–Crippen MR) is 443 cm³/mol. The van der Waals surface area contributed by atoms with Crippen LogP contribution in [0, 0.1) is 118 Å². The molecule has 0 saturated carbocycles. The number of allylic oxidation sites excluding steroid dienone is 12.